The summed E-state index contributed by atoms with van der Waals surface area (Å²) in [7, 11) is 2.85. The molecule has 0 saturated heterocycles. The molecule has 1 atom stereocenters. The predicted octanol–water partition coefficient (Wildman–Crippen LogP) is 6.04. The highest BCUT2D eigenvalue weighted by Gasteiger charge is 1.97. The topological polar surface area (TPSA) is 0 Å². The van der Waals surface area contributed by atoms with Crippen LogP contribution in [-0.4, -0.2) is 0 Å². The average Bonchev–Trinajstić information content (AvgIpc) is 2.46. The maximum absolute atomic E-state index is 2.85. The summed E-state index contributed by atoms with van der Waals surface area (Å²) in [4.78, 5) is 0. The Morgan fingerprint density at radius 1 is 0.700 bits per heavy atom. The first-order valence-electron chi connectivity index (χ1n) is 8.68. The van der Waals surface area contributed by atoms with Gasteiger partial charge in [0.2, 0.25) is 0 Å². The lowest BCUT2D eigenvalue weighted by Crippen LogP contribution is -2.00. The highest BCUT2D eigenvalue weighted by molar-refractivity contribution is 7.27. The largest absolute Gasteiger partial charge is 0.105 e. The molecule has 0 radical (unpaired) electrons. The van der Waals surface area contributed by atoms with Crippen LogP contribution in [0.1, 0.15) is 83.1 Å². The molecule has 0 bridgehead atoms. The van der Waals surface area contributed by atoms with Crippen LogP contribution in [0.25, 0.3) is 0 Å². The van der Waals surface area contributed by atoms with E-state index in [1.54, 1.807) is 0 Å². The van der Waals surface area contributed by atoms with Crippen LogP contribution in [0.2, 0.25) is 0 Å². The van der Waals surface area contributed by atoms with Crippen molar-refractivity contribution < 1.29 is 0 Å². The molecule has 0 aliphatic heterocycles. The molecule has 0 N–H and O–H groups in total. The first kappa shape index (κ1) is 17.7. The van der Waals surface area contributed by atoms with Gasteiger partial charge in [0, 0.05) is 0 Å². The Hall–Kier alpha value is -0.350. The van der Waals surface area contributed by atoms with E-state index in [1.807, 2.05) is 0 Å². The SMILES string of the molecule is CCCCCCCCCCCCCc1ccccc1P. The Bertz CT molecular complexity index is 332. The van der Waals surface area contributed by atoms with Gasteiger partial charge in [-0.2, -0.15) is 0 Å². The van der Waals surface area contributed by atoms with Gasteiger partial charge in [0.1, 0.15) is 0 Å². The van der Waals surface area contributed by atoms with Gasteiger partial charge >= 0.3 is 0 Å². The van der Waals surface area contributed by atoms with E-state index in [-0.39, 0.29) is 0 Å². The van der Waals surface area contributed by atoms with E-state index in [9.17, 15) is 0 Å². The molecule has 0 aromatic heterocycles. The maximum Gasteiger partial charge on any atom is -0.0271 e. The van der Waals surface area contributed by atoms with E-state index in [4.69, 9.17) is 0 Å². The van der Waals surface area contributed by atoms with Crippen LogP contribution in [-0.2, 0) is 6.42 Å². The quantitative estimate of drug-likeness (QED) is 0.325. The van der Waals surface area contributed by atoms with Crippen molar-refractivity contribution in [1.29, 1.82) is 0 Å². The van der Waals surface area contributed by atoms with Crippen molar-refractivity contribution in [3.8, 4) is 0 Å². The Morgan fingerprint density at radius 3 is 1.75 bits per heavy atom. The zero-order valence-corrected chi connectivity index (χ0v) is 14.5. The molecular formula is C19H33P. The number of aryl methyl sites for hydroxylation is 1. The van der Waals surface area contributed by atoms with Crippen molar-refractivity contribution >= 4 is 14.5 Å². The summed E-state index contributed by atoms with van der Waals surface area (Å²) in [5.41, 5.74) is 1.51. The lowest BCUT2D eigenvalue weighted by molar-refractivity contribution is 0.549. The third kappa shape index (κ3) is 8.75. The van der Waals surface area contributed by atoms with E-state index in [0.29, 0.717) is 0 Å². The summed E-state index contributed by atoms with van der Waals surface area (Å²) in [5, 5.41) is 1.37. The van der Waals surface area contributed by atoms with Crippen LogP contribution in [0, 0.1) is 0 Å². The minimum atomic E-state index is 1.25. The minimum absolute atomic E-state index is 1.25. The fourth-order valence-corrected chi connectivity index (χ4v) is 3.09. The summed E-state index contributed by atoms with van der Waals surface area (Å²) in [5.74, 6) is 0. The number of benzene rings is 1. The van der Waals surface area contributed by atoms with Gasteiger partial charge in [-0.3, -0.25) is 0 Å². The Balaban J connectivity index is 1.87. The van der Waals surface area contributed by atoms with E-state index >= 15 is 0 Å². The molecule has 0 spiro atoms. The smallest absolute Gasteiger partial charge is 0.0271 e. The second kappa shape index (κ2) is 12.4. The zero-order chi connectivity index (χ0) is 14.5. The molecular weight excluding hydrogens is 259 g/mol. The van der Waals surface area contributed by atoms with Crippen molar-refractivity contribution in [2.75, 3.05) is 0 Å². The lowest BCUT2D eigenvalue weighted by atomic mass is 10.0. The Labute approximate surface area is 129 Å². The van der Waals surface area contributed by atoms with E-state index in [1.165, 1.54) is 87.9 Å². The molecule has 0 nitrogen and oxygen atoms in total. The normalized spacial score (nSPS) is 10.9. The van der Waals surface area contributed by atoms with Crippen molar-refractivity contribution in [3.05, 3.63) is 29.8 Å². The molecule has 0 heterocycles. The molecule has 0 fully saturated rings. The van der Waals surface area contributed by atoms with Gasteiger partial charge in [-0.15, -0.1) is 9.24 Å². The molecule has 1 heteroatoms. The Kier molecular flexibility index (Phi) is 11.0. The third-order valence-electron chi connectivity index (χ3n) is 4.10. The molecule has 1 rings (SSSR count). The standard InChI is InChI=1S/C19H33P/c1-2-3-4-5-6-7-8-9-10-11-12-15-18-16-13-14-17-19(18)20/h13-14,16-17H,2-12,15,20H2,1H3. The van der Waals surface area contributed by atoms with E-state index in [0.717, 1.165) is 0 Å². The number of hydrogen-bond donors (Lipinski definition) is 0. The van der Waals surface area contributed by atoms with E-state index in [2.05, 4.69) is 40.4 Å². The van der Waals surface area contributed by atoms with E-state index < -0.39 is 0 Å². The summed E-state index contributed by atoms with van der Waals surface area (Å²) in [6, 6.07) is 8.73. The number of rotatable bonds is 12. The first-order valence-corrected chi connectivity index (χ1v) is 9.25. The van der Waals surface area contributed by atoms with Crippen LogP contribution >= 0.6 is 9.24 Å². The van der Waals surface area contributed by atoms with Crippen LogP contribution < -0.4 is 5.30 Å². The fraction of sp³-hybridized carbons (Fsp3) is 0.684. The molecule has 0 saturated carbocycles. The van der Waals surface area contributed by atoms with Crippen LogP contribution in [0.15, 0.2) is 24.3 Å². The van der Waals surface area contributed by atoms with Gasteiger partial charge in [0.05, 0.1) is 0 Å². The highest BCUT2D eigenvalue weighted by atomic mass is 31.0. The second-order valence-corrected chi connectivity index (χ2v) is 6.61. The Morgan fingerprint density at radius 2 is 1.20 bits per heavy atom. The monoisotopic (exact) mass is 292 g/mol. The molecule has 0 amide bonds. The van der Waals surface area contributed by atoms with Gasteiger partial charge in [-0.05, 0) is 23.7 Å². The van der Waals surface area contributed by atoms with Gasteiger partial charge in [-0.25, -0.2) is 0 Å². The maximum atomic E-state index is 2.85. The third-order valence-corrected chi connectivity index (χ3v) is 4.67. The molecule has 0 aliphatic carbocycles. The first-order chi connectivity index (χ1) is 9.84. The van der Waals surface area contributed by atoms with Crippen molar-refractivity contribution in [3.63, 3.8) is 0 Å². The second-order valence-electron chi connectivity index (χ2n) is 5.98. The predicted molar refractivity (Wildman–Crippen MR) is 96.0 cm³/mol. The zero-order valence-electron chi connectivity index (χ0n) is 13.4. The van der Waals surface area contributed by atoms with Gasteiger partial charge in [0.15, 0.2) is 0 Å². The van der Waals surface area contributed by atoms with Crippen molar-refractivity contribution in [1.82, 2.24) is 0 Å². The summed E-state index contributed by atoms with van der Waals surface area (Å²) in [6.45, 7) is 2.29. The van der Waals surface area contributed by atoms with Gasteiger partial charge in [0.25, 0.3) is 0 Å². The highest BCUT2D eigenvalue weighted by Crippen LogP contribution is 2.12. The van der Waals surface area contributed by atoms with Crippen LogP contribution in [0.5, 0.6) is 0 Å². The van der Waals surface area contributed by atoms with Crippen molar-refractivity contribution in [2.45, 2.75) is 84.0 Å². The van der Waals surface area contributed by atoms with Crippen LogP contribution in [0.4, 0.5) is 0 Å². The van der Waals surface area contributed by atoms with Crippen molar-refractivity contribution in [2.24, 2.45) is 0 Å². The molecule has 1 aromatic carbocycles. The summed E-state index contributed by atoms with van der Waals surface area (Å²) < 4.78 is 0. The molecule has 1 aromatic rings. The molecule has 20 heavy (non-hydrogen) atoms. The van der Waals surface area contributed by atoms with Gasteiger partial charge in [-0.1, -0.05) is 95.4 Å². The van der Waals surface area contributed by atoms with Gasteiger partial charge < -0.3 is 0 Å². The average molecular weight is 292 g/mol. The van der Waals surface area contributed by atoms with Crippen LogP contribution in [0.3, 0.4) is 0 Å². The molecule has 114 valence electrons. The number of hydrogen-bond acceptors (Lipinski definition) is 0. The minimum Gasteiger partial charge on any atom is -0.105 e. The summed E-state index contributed by atoms with van der Waals surface area (Å²) in [6.07, 6.45) is 16.9. The summed E-state index contributed by atoms with van der Waals surface area (Å²) >= 11 is 0. The lowest BCUT2D eigenvalue weighted by Gasteiger charge is -2.05. The fourth-order valence-electron chi connectivity index (χ4n) is 2.74. The molecule has 0 aliphatic rings. The molecule has 1 unspecified atom stereocenters. The number of unbranched alkanes of at least 4 members (excludes halogenated alkanes) is 10.